The SMILES string of the molecule is C=C(C)C1CCC(C)(CC(=O)OCC)S1. The molecule has 1 fully saturated rings. The van der Waals surface area contributed by atoms with Crippen LogP contribution in [0.5, 0.6) is 0 Å². The lowest BCUT2D eigenvalue weighted by molar-refractivity contribution is -0.143. The molecule has 0 aromatic heterocycles. The van der Waals surface area contributed by atoms with Crippen molar-refractivity contribution in [3.8, 4) is 0 Å². The van der Waals surface area contributed by atoms with Gasteiger partial charge in [0.25, 0.3) is 0 Å². The number of carbonyl (C=O) groups excluding carboxylic acids is 1. The Bertz CT molecular complexity index is 262. The van der Waals surface area contributed by atoms with Gasteiger partial charge in [0.2, 0.25) is 0 Å². The van der Waals surface area contributed by atoms with E-state index < -0.39 is 0 Å². The summed E-state index contributed by atoms with van der Waals surface area (Å²) in [4.78, 5) is 11.4. The van der Waals surface area contributed by atoms with Gasteiger partial charge >= 0.3 is 5.97 Å². The van der Waals surface area contributed by atoms with Crippen LogP contribution in [0.3, 0.4) is 0 Å². The van der Waals surface area contributed by atoms with Gasteiger partial charge in [-0.3, -0.25) is 4.79 Å². The van der Waals surface area contributed by atoms with Gasteiger partial charge in [0, 0.05) is 10.00 Å². The summed E-state index contributed by atoms with van der Waals surface area (Å²) in [5, 5.41) is 0.518. The molecule has 0 amide bonds. The first kappa shape index (κ1) is 12.6. The number of carbonyl (C=O) groups is 1. The zero-order chi connectivity index (χ0) is 11.5. The Morgan fingerprint density at radius 3 is 2.80 bits per heavy atom. The van der Waals surface area contributed by atoms with Gasteiger partial charge in [-0.1, -0.05) is 12.2 Å². The zero-order valence-corrected chi connectivity index (χ0v) is 10.7. The lowest BCUT2D eigenvalue weighted by atomic mass is 9.99. The molecule has 1 aliphatic rings. The van der Waals surface area contributed by atoms with Crippen molar-refractivity contribution in [2.24, 2.45) is 0 Å². The smallest absolute Gasteiger partial charge is 0.307 e. The Morgan fingerprint density at radius 2 is 2.33 bits per heavy atom. The third kappa shape index (κ3) is 3.56. The second-order valence-electron chi connectivity index (χ2n) is 4.42. The number of hydrogen-bond acceptors (Lipinski definition) is 3. The minimum absolute atomic E-state index is 0.0515. The monoisotopic (exact) mass is 228 g/mol. The minimum Gasteiger partial charge on any atom is -0.466 e. The van der Waals surface area contributed by atoms with E-state index in [0.29, 0.717) is 18.3 Å². The number of thioether (sulfide) groups is 1. The Balaban J connectivity index is 2.48. The molecule has 2 unspecified atom stereocenters. The molecule has 1 saturated heterocycles. The van der Waals surface area contributed by atoms with Gasteiger partial charge in [-0.05, 0) is 33.6 Å². The lowest BCUT2D eigenvalue weighted by Gasteiger charge is -2.22. The molecule has 1 heterocycles. The van der Waals surface area contributed by atoms with E-state index in [1.54, 1.807) is 0 Å². The molecule has 2 nitrogen and oxygen atoms in total. The molecule has 0 aromatic rings. The molecule has 15 heavy (non-hydrogen) atoms. The summed E-state index contributed by atoms with van der Waals surface area (Å²) in [6, 6.07) is 0. The van der Waals surface area contributed by atoms with E-state index in [-0.39, 0.29) is 10.7 Å². The quantitative estimate of drug-likeness (QED) is 0.546. The van der Waals surface area contributed by atoms with Crippen molar-refractivity contribution in [3.63, 3.8) is 0 Å². The first-order valence-corrected chi connectivity index (χ1v) is 6.33. The largest absolute Gasteiger partial charge is 0.466 e. The maximum Gasteiger partial charge on any atom is 0.307 e. The number of hydrogen-bond donors (Lipinski definition) is 0. The topological polar surface area (TPSA) is 26.3 Å². The van der Waals surface area contributed by atoms with Gasteiger partial charge < -0.3 is 4.74 Å². The van der Waals surface area contributed by atoms with Crippen molar-refractivity contribution in [2.75, 3.05) is 6.61 Å². The lowest BCUT2D eigenvalue weighted by Crippen LogP contribution is -2.22. The van der Waals surface area contributed by atoms with Crippen molar-refractivity contribution in [2.45, 2.75) is 50.0 Å². The van der Waals surface area contributed by atoms with Crippen molar-refractivity contribution in [1.29, 1.82) is 0 Å². The Morgan fingerprint density at radius 1 is 1.67 bits per heavy atom. The zero-order valence-electron chi connectivity index (χ0n) is 9.84. The summed E-state index contributed by atoms with van der Waals surface area (Å²) < 4.78 is 5.04. The van der Waals surface area contributed by atoms with Gasteiger partial charge in [-0.15, -0.1) is 11.8 Å². The number of esters is 1. The molecular formula is C12H20O2S. The number of rotatable bonds is 4. The molecule has 1 aliphatic heterocycles. The maximum absolute atomic E-state index is 11.4. The molecule has 0 spiro atoms. The van der Waals surface area contributed by atoms with Gasteiger partial charge in [0.05, 0.1) is 13.0 Å². The van der Waals surface area contributed by atoms with Crippen LogP contribution in [0.1, 0.15) is 40.0 Å². The second kappa shape index (κ2) is 5.06. The first-order valence-electron chi connectivity index (χ1n) is 5.45. The summed E-state index contributed by atoms with van der Waals surface area (Å²) in [7, 11) is 0. The van der Waals surface area contributed by atoms with Crippen molar-refractivity contribution < 1.29 is 9.53 Å². The average Bonchev–Trinajstić information content (AvgIpc) is 2.48. The minimum atomic E-state index is -0.0742. The Kier molecular flexibility index (Phi) is 4.26. The van der Waals surface area contributed by atoms with Crippen LogP contribution in [0.15, 0.2) is 12.2 Å². The standard InChI is InChI=1S/C12H20O2S/c1-5-14-11(13)8-12(4)7-6-10(15-12)9(2)3/h10H,2,5-8H2,1,3-4H3. The Labute approximate surface area is 96.5 Å². The van der Waals surface area contributed by atoms with E-state index in [0.717, 1.165) is 12.8 Å². The fourth-order valence-corrected chi connectivity index (χ4v) is 3.45. The van der Waals surface area contributed by atoms with Crippen LogP contribution in [0.4, 0.5) is 0 Å². The van der Waals surface area contributed by atoms with Gasteiger partial charge in [-0.2, -0.15) is 0 Å². The highest BCUT2D eigenvalue weighted by Gasteiger charge is 2.38. The third-order valence-electron chi connectivity index (χ3n) is 2.74. The predicted octanol–water partition coefficient (Wildman–Crippen LogP) is 3.17. The van der Waals surface area contributed by atoms with Crippen LogP contribution in [-0.2, 0) is 9.53 Å². The fourth-order valence-electron chi connectivity index (χ4n) is 1.89. The molecule has 86 valence electrons. The van der Waals surface area contributed by atoms with Gasteiger partial charge in [0.15, 0.2) is 0 Å². The molecule has 0 saturated carbocycles. The molecule has 0 aromatic carbocycles. The third-order valence-corrected chi connectivity index (χ3v) is 4.58. The van der Waals surface area contributed by atoms with Crippen LogP contribution in [-0.4, -0.2) is 22.6 Å². The van der Waals surface area contributed by atoms with Gasteiger partial charge in [0.1, 0.15) is 0 Å². The van der Waals surface area contributed by atoms with Crippen LogP contribution in [0.2, 0.25) is 0 Å². The summed E-state index contributed by atoms with van der Waals surface area (Å²) in [5.74, 6) is -0.0742. The van der Waals surface area contributed by atoms with E-state index >= 15 is 0 Å². The summed E-state index contributed by atoms with van der Waals surface area (Å²) in [5.41, 5.74) is 1.22. The molecular weight excluding hydrogens is 208 g/mol. The first-order chi connectivity index (χ1) is 6.97. The van der Waals surface area contributed by atoms with Crippen LogP contribution >= 0.6 is 11.8 Å². The molecule has 3 heteroatoms. The summed E-state index contributed by atoms with van der Waals surface area (Å²) in [6.45, 7) is 10.5. The second-order valence-corrected chi connectivity index (χ2v) is 6.21. The molecule has 0 bridgehead atoms. The normalized spacial score (nSPS) is 30.2. The van der Waals surface area contributed by atoms with Crippen molar-refractivity contribution >= 4 is 17.7 Å². The van der Waals surface area contributed by atoms with E-state index in [1.165, 1.54) is 5.57 Å². The summed E-state index contributed by atoms with van der Waals surface area (Å²) in [6.07, 6.45) is 2.74. The highest BCUT2D eigenvalue weighted by atomic mass is 32.2. The van der Waals surface area contributed by atoms with Crippen molar-refractivity contribution in [1.82, 2.24) is 0 Å². The van der Waals surface area contributed by atoms with E-state index in [2.05, 4.69) is 20.4 Å². The molecule has 0 N–H and O–H groups in total. The molecule has 0 radical (unpaired) electrons. The van der Waals surface area contributed by atoms with Crippen LogP contribution in [0, 0.1) is 0 Å². The maximum atomic E-state index is 11.4. The van der Waals surface area contributed by atoms with Crippen LogP contribution in [0.25, 0.3) is 0 Å². The molecule has 2 atom stereocenters. The summed E-state index contributed by atoms with van der Waals surface area (Å²) >= 11 is 1.87. The number of ether oxygens (including phenoxy) is 1. The molecule has 0 aliphatic carbocycles. The van der Waals surface area contributed by atoms with Crippen molar-refractivity contribution in [3.05, 3.63) is 12.2 Å². The average molecular weight is 228 g/mol. The fraction of sp³-hybridized carbons (Fsp3) is 0.750. The predicted molar refractivity (Wildman–Crippen MR) is 65.1 cm³/mol. The van der Waals surface area contributed by atoms with Crippen LogP contribution < -0.4 is 0 Å². The van der Waals surface area contributed by atoms with E-state index in [1.807, 2.05) is 18.7 Å². The Hall–Kier alpha value is -0.440. The highest BCUT2D eigenvalue weighted by molar-refractivity contribution is 8.01. The highest BCUT2D eigenvalue weighted by Crippen LogP contribution is 2.47. The van der Waals surface area contributed by atoms with Gasteiger partial charge in [-0.25, -0.2) is 0 Å². The molecule has 1 rings (SSSR count). The van der Waals surface area contributed by atoms with E-state index in [9.17, 15) is 4.79 Å². The van der Waals surface area contributed by atoms with E-state index in [4.69, 9.17) is 4.74 Å².